The largest absolute Gasteiger partial charge is 0.496 e. The summed E-state index contributed by atoms with van der Waals surface area (Å²) in [6.07, 6.45) is 0.370. The lowest BCUT2D eigenvalue weighted by atomic mass is 10.0. The van der Waals surface area contributed by atoms with Crippen LogP contribution in [0.25, 0.3) is 0 Å². The van der Waals surface area contributed by atoms with Gasteiger partial charge in [0.15, 0.2) is 6.61 Å². The van der Waals surface area contributed by atoms with E-state index in [1.54, 1.807) is 37.3 Å². The molecule has 2 amide bonds. The van der Waals surface area contributed by atoms with Crippen molar-refractivity contribution in [3.63, 3.8) is 0 Å². The van der Waals surface area contributed by atoms with Gasteiger partial charge >= 0.3 is 0 Å². The molecule has 3 aromatic carbocycles. The number of nitrogens with one attached hydrogen (secondary N) is 1. The molecular weight excluding hydrogens is 536 g/mol. The van der Waals surface area contributed by atoms with E-state index >= 15 is 0 Å². The molecule has 8 heteroatoms. The SMILES string of the molecule is COc1cc(OC)cc(OCC(=O)N(Cc2ccc(Br)cc2)C(Cc2ccccc2)C(=O)NC(C)C)c1. The normalized spacial score (nSPS) is 11.5. The highest BCUT2D eigenvalue weighted by Gasteiger charge is 2.31. The summed E-state index contributed by atoms with van der Waals surface area (Å²) in [4.78, 5) is 28.7. The molecule has 196 valence electrons. The third-order valence-corrected chi connectivity index (χ3v) is 6.18. The van der Waals surface area contributed by atoms with E-state index in [0.29, 0.717) is 23.7 Å². The molecule has 3 rings (SSSR count). The first-order chi connectivity index (χ1) is 17.8. The highest BCUT2D eigenvalue weighted by Crippen LogP contribution is 2.27. The quantitative estimate of drug-likeness (QED) is 0.332. The van der Waals surface area contributed by atoms with Crippen molar-refractivity contribution in [3.05, 3.63) is 88.4 Å². The molecule has 7 nitrogen and oxygen atoms in total. The molecule has 1 atom stereocenters. The summed E-state index contributed by atoms with van der Waals surface area (Å²) in [6.45, 7) is 3.79. The smallest absolute Gasteiger partial charge is 0.261 e. The van der Waals surface area contributed by atoms with Crippen molar-refractivity contribution in [1.29, 1.82) is 0 Å². The van der Waals surface area contributed by atoms with Crippen LogP contribution in [0.3, 0.4) is 0 Å². The number of ether oxygens (including phenoxy) is 3. The van der Waals surface area contributed by atoms with Crippen molar-refractivity contribution >= 4 is 27.7 Å². The molecule has 0 saturated carbocycles. The first-order valence-corrected chi connectivity index (χ1v) is 12.8. The van der Waals surface area contributed by atoms with Gasteiger partial charge in [-0.25, -0.2) is 0 Å². The molecule has 1 unspecified atom stereocenters. The van der Waals surface area contributed by atoms with E-state index in [1.807, 2.05) is 68.4 Å². The number of methoxy groups -OCH3 is 2. The van der Waals surface area contributed by atoms with Crippen LogP contribution in [-0.4, -0.2) is 49.6 Å². The lowest BCUT2D eigenvalue weighted by molar-refractivity contribution is -0.143. The standard InChI is InChI=1S/C29H33BrN2O5/c1-20(2)31-29(34)27(14-21-8-6-5-7-9-21)32(18-22-10-12-23(30)13-11-22)28(33)19-37-26-16-24(35-3)15-25(17-26)36-4/h5-13,15-17,20,27H,14,18-19H2,1-4H3,(H,31,34). The summed E-state index contributed by atoms with van der Waals surface area (Å²) < 4.78 is 17.4. The summed E-state index contributed by atoms with van der Waals surface area (Å²) in [5.41, 5.74) is 1.86. The van der Waals surface area contributed by atoms with Crippen LogP contribution in [0.4, 0.5) is 0 Å². The van der Waals surface area contributed by atoms with E-state index in [1.165, 1.54) is 0 Å². The first-order valence-electron chi connectivity index (χ1n) is 12.0. The van der Waals surface area contributed by atoms with E-state index in [9.17, 15) is 9.59 Å². The zero-order chi connectivity index (χ0) is 26.8. The van der Waals surface area contributed by atoms with Gasteiger partial charge in [-0.1, -0.05) is 58.4 Å². The topological polar surface area (TPSA) is 77.1 Å². The summed E-state index contributed by atoms with van der Waals surface area (Å²) in [5.74, 6) is 0.995. The van der Waals surface area contributed by atoms with Gasteiger partial charge in [0.1, 0.15) is 23.3 Å². The van der Waals surface area contributed by atoms with Crippen LogP contribution in [0.2, 0.25) is 0 Å². The van der Waals surface area contributed by atoms with E-state index in [2.05, 4.69) is 21.2 Å². The summed E-state index contributed by atoms with van der Waals surface area (Å²) in [7, 11) is 3.09. The lowest BCUT2D eigenvalue weighted by Crippen LogP contribution is -2.52. The Kier molecular flexibility index (Phi) is 10.4. The van der Waals surface area contributed by atoms with Crippen LogP contribution in [0, 0.1) is 0 Å². The van der Waals surface area contributed by atoms with Crippen LogP contribution >= 0.6 is 15.9 Å². The van der Waals surface area contributed by atoms with Crippen molar-refractivity contribution in [2.45, 2.75) is 38.9 Å². The Morgan fingerprint density at radius 1 is 0.865 bits per heavy atom. The van der Waals surface area contributed by atoms with E-state index in [0.717, 1.165) is 15.6 Å². The molecule has 0 aliphatic rings. The van der Waals surface area contributed by atoms with Gasteiger partial charge in [-0.15, -0.1) is 0 Å². The van der Waals surface area contributed by atoms with Crippen molar-refractivity contribution in [3.8, 4) is 17.2 Å². The molecule has 0 radical (unpaired) electrons. The van der Waals surface area contributed by atoms with Gasteiger partial charge in [-0.2, -0.15) is 0 Å². The maximum absolute atomic E-state index is 13.7. The minimum absolute atomic E-state index is 0.0732. The molecule has 3 aromatic rings. The molecule has 0 saturated heterocycles. The number of hydrogen-bond donors (Lipinski definition) is 1. The molecule has 0 fully saturated rings. The van der Waals surface area contributed by atoms with E-state index in [4.69, 9.17) is 14.2 Å². The first kappa shape index (κ1) is 28.1. The monoisotopic (exact) mass is 568 g/mol. The van der Waals surface area contributed by atoms with Gasteiger partial charge < -0.3 is 24.4 Å². The number of carbonyl (C=O) groups excluding carboxylic acids is 2. The lowest BCUT2D eigenvalue weighted by Gasteiger charge is -2.32. The van der Waals surface area contributed by atoms with Crippen LogP contribution in [0.15, 0.2) is 77.3 Å². The average Bonchev–Trinajstić information content (AvgIpc) is 2.90. The molecule has 0 aliphatic heterocycles. The third-order valence-electron chi connectivity index (χ3n) is 5.66. The second-order valence-corrected chi connectivity index (χ2v) is 9.77. The average molecular weight is 569 g/mol. The maximum atomic E-state index is 13.7. The van der Waals surface area contributed by atoms with Crippen molar-refractivity contribution in [2.24, 2.45) is 0 Å². The van der Waals surface area contributed by atoms with Gasteiger partial charge in [0.2, 0.25) is 5.91 Å². The zero-order valence-electron chi connectivity index (χ0n) is 21.6. The van der Waals surface area contributed by atoms with Gasteiger partial charge in [0.25, 0.3) is 5.91 Å². The Bertz CT molecular complexity index is 1150. The maximum Gasteiger partial charge on any atom is 0.261 e. The second kappa shape index (κ2) is 13.7. The number of rotatable bonds is 12. The minimum atomic E-state index is -0.732. The van der Waals surface area contributed by atoms with Crippen molar-refractivity contribution in [1.82, 2.24) is 10.2 Å². The molecule has 0 aromatic heterocycles. The van der Waals surface area contributed by atoms with Crippen molar-refractivity contribution < 1.29 is 23.8 Å². The molecule has 0 spiro atoms. The minimum Gasteiger partial charge on any atom is -0.496 e. The number of benzene rings is 3. The number of nitrogens with zero attached hydrogens (tertiary/aromatic N) is 1. The number of amides is 2. The zero-order valence-corrected chi connectivity index (χ0v) is 23.2. The second-order valence-electron chi connectivity index (χ2n) is 8.85. The Hall–Kier alpha value is -3.52. The fraction of sp³-hybridized carbons (Fsp3) is 0.310. The van der Waals surface area contributed by atoms with Crippen LogP contribution in [0.1, 0.15) is 25.0 Å². The van der Waals surface area contributed by atoms with E-state index < -0.39 is 6.04 Å². The Morgan fingerprint density at radius 3 is 2.03 bits per heavy atom. The van der Waals surface area contributed by atoms with Gasteiger partial charge in [0.05, 0.1) is 14.2 Å². The summed E-state index contributed by atoms with van der Waals surface area (Å²) in [6, 6.07) is 21.6. The Morgan fingerprint density at radius 2 is 1.46 bits per heavy atom. The van der Waals surface area contributed by atoms with Crippen LogP contribution in [-0.2, 0) is 22.6 Å². The van der Waals surface area contributed by atoms with Gasteiger partial charge in [-0.05, 0) is 37.1 Å². The predicted molar refractivity (Wildman–Crippen MR) is 147 cm³/mol. The third kappa shape index (κ3) is 8.53. The molecular formula is C29H33BrN2O5. The summed E-state index contributed by atoms with van der Waals surface area (Å²) >= 11 is 3.45. The highest BCUT2D eigenvalue weighted by molar-refractivity contribution is 9.10. The molecule has 0 bridgehead atoms. The number of halogens is 1. The predicted octanol–water partition coefficient (Wildman–Crippen LogP) is 5.01. The Balaban J connectivity index is 1.91. The fourth-order valence-electron chi connectivity index (χ4n) is 3.81. The molecule has 37 heavy (non-hydrogen) atoms. The number of hydrogen-bond acceptors (Lipinski definition) is 5. The molecule has 1 N–H and O–H groups in total. The highest BCUT2D eigenvalue weighted by atomic mass is 79.9. The van der Waals surface area contributed by atoms with Crippen LogP contribution < -0.4 is 19.5 Å². The van der Waals surface area contributed by atoms with Crippen LogP contribution in [0.5, 0.6) is 17.2 Å². The Labute approximate surface area is 226 Å². The fourth-order valence-corrected chi connectivity index (χ4v) is 4.08. The molecule has 0 aliphatic carbocycles. The molecule has 0 heterocycles. The number of carbonyl (C=O) groups is 2. The summed E-state index contributed by atoms with van der Waals surface area (Å²) in [5, 5.41) is 2.98. The van der Waals surface area contributed by atoms with E-state index in [-0.39, 0.29) is 31.0 Å². The van der Waals surface area contributed by atoms with Gasteiger partial charge in [-0.3, -0.25) is 9.59 Å². The van der Waals surface area contributed by atoms with Crippen molar-refractivity contribution in [2.75, 3.05) is 20.8 Å². The van der Waals surface area contributed by atoms with Gasteiger partial charge in [0, 0.05) is 41.7 Å².